The van der Waals surface area contributed by atoms with Crippen LogP contribution >= 0.6 is 23.2 Å². The van der Waals surface area contributed by atoms with Gasteiger partial charge in [-0.3, -0.25) is 14.9 Å². The van der Waals surface area contributed by atoms with Crippen LogP contribution in [0.2, 0.25) is 10.0 Å². The van der Waals surface area contributed by atoms with Gasteiger partial charge in [-0.05, 0) is 69.0 Å². The summed E-state index contributed by atoms with van der Waals surface area (Å²) in [5.74, 6) is 1.07. The molecule has 1 saturated heterocycles. The number of hydrogen-bond acceptors (Lipinski definition) is 5. The quantitative estimate of drug-likeness (QED) is 0.282. The summed E-state index contributed by atoms with van der Waals surface area (Å²) in [6, 6.07) is 16.7. The fourth-order valence-corrected chi connectivity index (χ4v) is 6.72. The Kier molecular flexibility index (Phi) is 9.81. The molecule has 2 N–H and O–H groups in total. The van der Waals surface area contributed by atoms with Crippen LogP contribution in [0.4, 0.5) is 9.59 Å². The summed E-state index contributed by atoms with van der Waals surface area (Å²) in [4.78, 5) is 41.1. The number of carbonyl (C=O) groups is 2. The number of nitrogens with one attached hydrogen (secondary N) is 2. The average Bonchev–Trinajstić information content (AvgIpc) is 3.29. The summed E-state index contributed by atoms with van der Waals surface area (Å²) in [5.41, 5.74) is 1.02. The first kappa shape index (κ1) is 34.5. The Morgan fingerprint density at radius 2 is 1.55 bits per heavy atom. The topological polar surface area (TPSA) is 99.2 Å². The van der Waals surface area contributed by atoms with Crippen molar-refractivity contribution in [3.8, 4) is 5.75 Å². The molecule has 3 heterocycles. The van der Waals surface area contributed by atoms with Gasteiger partial charge in [0.2, 0.25) is 0 Å². The van der Waals surface area contributed by atoms with E-state index in [2.05, 4.69) is 45.3 Å². The molecule has 0 unspecified atom stereocenters. The smallest absolute Gasteiger partial charge is 0.326 e. The molecule has 3 aromatic rings. The molecule has 47 heavy (non-hydrogen) atoms. The van der Waals surface area contributed by atoms with Gasteiger partial charge in [0, 0.05) is 59.6 Å². The van der Waals surface area contributed by atoms with Crippen molar-refractivity contribution in [3.63, 3.8) is 0 Å². The SMILES string of the molecule is CCOc1cc(C(C)(C)C)ncc1C1=N[C@@](C)(c2ccc(Cl)cc2)[C@@](C)(c2ccc(Cl)cc2)N1C(=O)N1CCC(NC(=O)NC)CC1. The highest BCUT2D eigenvalue weighted by atomic mass is 35.5. The second kappa shape index (κ2) is 13.4. The minimum atomic E-state index is -1.03. The van der Waals surface area contributed by atoms with Crippen LogP contribution in [-0.2, 0) is 16.5 Å². The predicted octanol–water partition coefficient (Wildman–Crippen LogP) is 7.49. The third-order valence-corrected chi connectivity index (χ3v) is 9.95. The largest absolute Gasteiger partial charge is 0.493 e. The Morgan fingerprint density at radius 1 is 0.979 bits per heavy atom. The summed E-state index contributed by atoms with van der Waals surface area (Å²) in [6.07, 6.45) is 3.02. The van der Waals surface area contributed by atoms with E-state index in [4.69, 9.17) is 37.9 Å². The van der Waals surface area contributed by atoms with Crippen LogP contribution in [-0.4, -0.2) is 65.5 Å². The van der Waals surface area contributed by atoms with E-state index in [-0.39, 0.29) is 23.5 Å². The molecule has 2 aliphatic heterocycles. The van der Waals surface area contributed by atoms with Gasteiger partial charge in [-0.2, -0.15) is 0 Å². The third-order valence-electron chi connectivity index (χ3n) is 9.44. The van der Waals surface area contributed by atoms with Crippen molar-refractivity contribution < 1.29 is 14.3 Å². The number of aromatic nitrogens is 1. The van der Waals surface area contributed by atoms with Gasteiger partial charge in [-0.25, -0.2) is 9.59 Å². The van der Waals surface area contributed by atoms with Crippen LogP contribution in [0.5, 0.6) is 5.75 Å². The first-order valence-corrected chi connectivity index (χ1v) is 16.8. The van der Waals surface area contributed by atoms with Gasteiger partial charge < -0.3 is 20.3 Å². The van der Waals surface area contributed by atoms with Gasteiger partial charge in [0.15, 0.2) is 0 Å². The summed E-state index contributed by atoms with van der Waals surface area (Å²) < 4.78 is 6.25. The molecule has 1 aromatic heterocycles. The van der Waals surface area contributed by atoms with Crippen LogP contribution in [0.25, 0.3) is 0 Å². The summed E-state index contributed by atoms with van der Waals surface area (Å²) in [6.45, 7) is 13.7. The highest BCUT2D eigenvalue weighted by Gasteiger charge is 2.60. The molecule has 11 heteroatoms. The Labute approximate surface area is 287 Å². The molecule has 0 spiro atoms. The fraction of sp³-hybridized carbons (Fsp3) is 0.444. The zero-order valence-corrected chi connectivity index (χ0v) is 29.7. The second-order valence-corrected chi connectivity index (χ2v) is 14.3. The number of nitrogens with zero attached hydrogens (tertiary/aromatic N) is 4. The first-order valence-electron chi connectivity index (χ1n) is 16.1. The van der Waals surface area contributed by atoms with Crippen LogP contribution < -0.4 is 15.4 Å². The highest BCUT2D eigenvalue weighted by Crippen LogP contribution is 2.54. The van der Waals surface area contributed by atoms with E-state index in [0.29, 0.717) is 59.7 Å². The molecule has 9 nitrogen and oxygen atoms in total. The maximum absolute atomic E-state index is 15.1. The minimum Gasteiger partial charge on any atom is -0.493 e. The molecule has 2 atom stereocenters. The number of amides is 4. The Balaban J connectivity index is 1.71. The minimum absolute atomic E-state index is 0.0357. The predicted molar refractivity (Wildman–Crippen MR) is 188 cm³/mol. The first-order chi connectivity index (χ1) is 22.2. The number of piperidine rings is 1. The van der Waals surface area contributed by atoms with Crippen molar-refractivity contribution in [1.82, 2.24) is 25.4 Å². The van der Waals surface area contributed by atoms with Gasteiger partial charge in [-0.1, -0.05) is 68.2 Å². The molecule has 0 aliphatic carbocycles. The molecular weight excluding hydrogens is 635 g/mol. The summed E-state index contributed by atoms with van der Waals surface area (Å²) >= 11 is 12.7. The molecule has 4 amide bonds. The van der Waals surface area contributed by atoms with Crippen molar-refractivity contribution in [2.24, 2.45) is 4.99 Å². The van der Waals surface area contributed by atoms with Crippen molar-refractivity contribution in [2.75, 3.05) is 26.7 Å². The Morgan fingerprint density at radius 3 is 2.09 bits per heavy atom. The van der Waals surface area contributed by atoms with Crippen molar-refractivity contribution in [3.05, 3.63) is 93.2 Å². The third kappa shape index (κ3) is 6.52. The van der Waals surface area contributed by atoms with Gasteiger partial charge in [0.1, 0.15) is 22.7 Å². The van der Waals surface area contributed by atoms with Gasteiger partial charge in [-0.15, -0.1) is 0 Å². The number of ether oxygens (including phenoxy) is 1. The molecule has 2 aliphatic rings. The molecule has 2 aromatic carbocycles. The maximum Gasteiger partial charge on any atom is 0.326 e. The molecule has 0 saturated carbocycles. The zero-order chi connectivity index (χ0) is 34.1. The highest BCUT2D eigenvalue weighted by molar-refractivity contribution is 6.30. The lowest BCUT2D eigenvalue weighted by atomic mass is 9.71. The number of likely N-dealkylation sites (tertiary alicyclic amines) is 1. The number of urea groups is 2. The number of amidine groups is 1. The molecule has 0 radical (unpaired) electrons. The standard InChI is InChI=1S/C36H44Cl2N6O3/c1-8-47-29-21-30(34(2,3)4)40-22-28(29)31-42-35(5,23-9-13-25(37)14-10-23)36(6,24-11-15-26(38)16-12-24)44(31)33(46)43-19-17-27(18-20-43)41-32(45)39-7/h9-16,21-22,27H,8,17-20H2,1-7H3,(H2,39,41,45)/t35-,36+/m0/s1. The van der Waals surface area contributed by atoms with E-state index in [1.807, 2.05) is 71.3 Å². The van der Waals surface area contributed by atoms with E-state index >= 15 is 4.79 Å². The number of carbonyl (C=O) groups excluding carboxylic acids is 2. The zero-order valence-electron chi connectivity index (χ0n) is 28.2. The number of benzene rings is 2. The normalized spacial score (nSPS) is 21.8. The van der Waals surface area contributed by atoms with E-state index in [1.165, 1.54) is 0 Å². The van der Waals surface area contributed by atoms with E-state index < -0.39 is 11.1 Å². The van der Waals surface area contributed by atoms with Crippen LogP contribution in [0, 0.1) is 0 Å². The van der Waals surface area contributed by atoms with Crippen molar-refractivity contribution in [2.45, 2.75) is 76.9 Å². The van der Waals surface area contributed by atoms with Gasteiger partial charge in [0.05, 0.1) is 12.2 Å². The maximum atomic E-state index is 15.1. The van der Waals surface area contributed by atoms with E-state index in [9.17, 15) is 4.79 Å². The molecule has 0 bridgehead atoms. The molecule has 250 valence electrons. The summed E-state index contributed by atoms with van der Waals surface area (Å²) in [5, 5.41) is 6.80. The fourth-order valence-electron chi connectivity index (χ4n) is 6.47. The van der Waals surface area contributed by atoms with Crippen LogP contribution in [0.3, 0.4) is 0 Å². The van der Waals surface area contributed by atoms with E-state index in [0.717, 1.165) is 16.8 Å². The van der Waals surface area contributed by atoms with Crippen LogP contribution in [0.1, 0.15) is 76.8 Å². The lowest BCUT2D eigenvalue weighted by Gasteiger charge is -2.47. The van der Waals surface area contributed by atoms with Crippen molar-refractivity contribution in [1.29, 1.82) is 0 Å². The number of rotatable bonds is 6. The number of halogens is 2. The molecule has 5 rings (SSSR count). The summed E-state index contributed by atoms with van der Waals surface area (Å²) in [7, 11) is 1.59. The number of aliphatic imine (C=N–C) groups is 1. The lowest BCUT2D eigenvalue weighted by molar-refractivity contribution is 0.0996. The van der Waals surface area contributed by atoms with Crippen molar-refractivity contribution >= 4 is 41.1 Å². The Hall–Kier alpha value is -3.82. The molecular formula is C36H44Cl2N6O3. The van der Waals surface area contributed by atoms with Gasteiger partial charge in [0.25, 0.3) is 0 Å². The molecule has 1 fully saturated rings. The number of pyridine rings is 1. The lowest BCUT2D eigenvalue weighted by Crippen LogP contribution is -2.60. The Bertz CT molecular complexity index is 1650. The monoisotopic (exact) mass is 678 g/mol. The average molecular weight is 680 g/mol. The van der Waals surface area contributed by atoms with Gasteiger partial charge >= 0.3 is 12.1 Å². The second-order valence-electron chi connectivity index (χ2n) is 13.4. The van der Waals surface area contributed by atoms with E-state index in [1.54, 1.807) is 13.2 Å². The number of hydrogen-bond donors (Lipinski definition) is 2. The van der Waals surface area contributed by atoms with Crippen LogP contribution in [0.15, 0.2) is 65.8 Å².